The van der Waals surface area contributed by atoms with Crippen molar-refractivity contribution in [2.24, 2.45) is 23.7 Å². The number of carbonyl (C=O) groups is 1. The smallest absolute Gasteiger partial charge is 0.225 e. The maximum atomic E-state index is 12.6. The zero-order valence-corrected chi connectivity index (χ0v) is 12.0. The molecule has 3 heteroatoms. The Balaban J connectivity index is 1.62. The van der Waals surface area contributed by atoms with E-state index in [0.717, 1.165) is 30.3 Å². The van der Waals surface area contributed by atoms with Gasteiger partial charge in [0.1, 0.15) is 0 Å². The maximum absolute atomic E-state index is 12.6. The first-order chi connectivity index (χ1) is 8.28. The molecule has 2 aliphatic carbocycles. The molecule has 1 heterocycles. The fourth-order valence-electron chi connectivity index (χ4n) is 4.17. The van der Waals surface area contributed by atoms with Gasteiger partial charge in [-0.1, -0.05) is 22.4 Å². The van der Waals surface area contributed by atoms with E-state index in [1.54, 1.807) is 0 Å². The largest absolute Gasteiger partial charge is 0.342 e. The fourth-order valence-corrected chi connectivity index (χ4v) is 4.70. The van der Waals surface area contributed by atoms with E-state index >= 15 is 0 Å². The van der Waals surface area contributed by atoms with E-state index in [1.165, 1.54) is 38.5 Å². The molecule has 3 rings (SSSR count). The van der Waals surface area contributed by atoms with E-state index < -0.39 is 0 Å². The number of alkyl halides is 1. The summed E-state index contributed by atoms with van der Waals surface area (Å²) in [6.07, 6.45) is 7.72. The van der Waals surface area contributed by atoms with Crippen LogP contribution < -0.4 is 0 Å². The number of rotatable bonds is 2. The molecule has 3 aliphatic rings. The Morgan fingerprint density at radius 1 is 1.24 bits per heavy atom. The van der Waals surface area contributed by atoms with Crippen LogP contribution in [0.15, 0.2) is 0 Å². The Hall–Kier alpha value is -0.0500. The highest BCUT2D eigenvalue weighted by molar-refractivity contribution is 9.09. The summed E-state index contributed by atoms with van der Waals surface area (Å²) in [5.74, 6) is 3.18. The SMILES string of the molecule is O=C(C1CC2CCC1C2)N1CCCC(CBr)C1. The summed E-state index contributed by atoms with van der Waals surface area (Å²) < 4.78 is 0. The van der Waals surface area contributed by atoms with E-state index in [2.05, 4.69) is 20.8 Å². The van der Waals surface area contributed by atoms with Crippen LogP contribution in [0.5, 0.6) is 0 Å². The molecule has 0 spiro atoms. The molecular formula is C14H22BrNO. The van der Waals surface area contributed by atoms with Crippen molar-refractivity contribution >= 4 is 21.8 Å². The van der Waals surface area contributed by atoms with E-state index in [4.69, 9.17) is 0 Å². The number of hydrogen-bond acceptors (Lipinski definition) is 1. The second-order valence-electron chi connectivity index (χ2n) is 6.23. The lowest BCUT2D eigenvalue weighted by Gasteiger charge is -2.35. The molecule has 3 fully saturated rings. The van der Waals surface area contributed by atoms with Gasteiger partial charge in [0, 0.05) is 24.3 Å². The highest BCUT2D eigenvalue weighted by atomic mass is 79.9. The molecule has 4 atom stereocenters. The Morgan fingerprint density at radius 3 is 2.76 bits per heavy atom. The van der Waals surface area contributed by atoms with Gasteiger partial charge in [-0.15, -0.1) is 0 Å². The van der Waals surface area contributed by atoms with Gasteiger partial charge in [-0.2, -0.15) is 0 Å². The minimum absolute atomic E-state index is 0.392. The van der Waals surface area contributed by atoms with Crippen LogP contribution in [-0.4, -0.2) is 29.2 Å². The first kappa shape index (κ1) is 12.0. The van der Waals surface area contributed by atoms with Gasteiger partial charge in [-0.25, -0.2) is 0 Å². The van der Waals surface area contributed by atoms with Crippen molar-refractivity contribution in [3.63, 3.8) is 0 Å². The van der Waals surface area contributed by atoms with Crippen LogP contribution in [0.2, 0.25) is 0 Å². The van der Waals surface area contributed by atoms with Crippen LogP contribution in [0.3, 0.4) is 0 Å². The van der Waals surface area contributed by atoms with Crippen molar-refractivity contribution in [3.05, 3.63) is 0 Å². The van der Waals surface area contributed by atoms with Crippen LogP contribution in [0.4, 0.5) is 0 Å². The standard InChI is InChI=1S/C14H22BrNO/c15-8-11-2-1-5-16(9-11)14(17)13-7-10-3-4-12(13)6-10/h10-13H,1-9H2. The number of halogens is 1. The molecule has 0 aromatic rings. The predicted octanol–water partition coefficient (Wildman–Crippen LogP) is 3.06. The van der Waals surface area contributed by atoms with Crippen molar-refractivity contribution in [1.29, 1.82) is 0 Å². The minimum atomic E-state index is 0.392. The van der Waals surface area contributed by atoms with E-state index in [-0.39, 0.29) is 0 Å². The topological polar surface area (TPSA) is 20.3 Å². The van der Waals surface area contributed by atoms with Gasteiger partial charge in [0.2, 0.25) is 5.91 Å². The Kier molecular flexibility index (Phi) is 3.47. The third kappa shape index (κ3) is 2.27. The fraction of sp³-hybridized carbons (Fsp3) is 0.929. The third-order valence-electron chi connectivity index (χ3n) is 5.10. The predicted molar refractivity (Wildman–Crippen MR) is 72.0 cm³/mol. The normalized spacial score (nSPS) is 40.9. The van der Waals surface area contributed by atoms with Gasteiger partial charge in [0.15, 0.2) is 0 Å². The molecular weight excluding hydrogens is 278 g/mol. The van der Waals surface area contributed by atoms with Crippen molar-refractivity contribution in [2.45, 2.75) is 38.5 Å². The first-order valence-corrected chi connectivity index (χ1v) is 8.25. The average Bonchev–Trinajstić information content (AvgIpc) is 3.00. The molecule has 2 bridgehead atoms. The maximum Gasteiger partial charge on any atom is 0.225 e. The van der Waals surface area contributed by atoms with Gasteiger partial charge >= 0.3 is 0 Å². The Labute approximate surface area is 112 Å². The van der Waals surface area contributed by atoms with Crippen LogP contribution in [-0.2, 0) is 4.79 Å². The number of carbonyl (C=O) groups excluding carboxylic acids is 1. The molecule has 0 radical (unpaired) electrons. The highest BCUT2D eigenvalue weighted by Gasteiger charge is 2.44. The summed E-state index contributed by atoms with van der Waals surface area (Å²) in [6.45, 7) is 2.01. The second kappa shape index (κ2) is 4.91. The highest BCUT2D eigenvalue weighted by Crippen LogP contribution is 2.49. The van der Waals surface area contributed by atoms with Gasteiger partial charge < -0.3 is 4.90 Å². The molecule has 17 heavy (non-hydrogen) atoms. The quantitative estimate of drug-likeness (QED) is 0.718. The Bertz CT molecular complexity index is 307. The third-order valence-corrected chi connectivity index (χ3v) is 6.02. The zero-order valence-electron chi connectivity index (χ0n) is 10.4. The van der Waals surface area contributed by atoms with Gasteiger partial charge in [-0.3, -0.25) is 4.79 Å². The molecule has 1 aliphatic heterocycles. The lowest BCUT2D eigenvalue weighted by molar-refractivity contribution is -0.138. The molecule has 0 aromatic heterocycles. The van der Waals surface area contributed by atoms with Gasteiger partial charge in [-0.05, 0) is 49.9 Å². The summed E-state index contributed by atoms with van der Waals surface area (Å²) in [7, 11) is 0. The van der Waals surface area contributed by atoms with E-state index in [1.807, 2.05) is 0 Å². The van der Waals surface area contributed by atoms with Gasteiger partial charge in [0.05, 0.1) is 0 Å². The molecule has 0 aromatic carbocycles. The summed E-state index contributed by atoms with van der Waals surface area (Å²) in [6, 6.07) is 0. The average molecular weight is 300 g/mol. The van der Waals surface area contributed by atoms with Crippen molar-refractivity contribution in [2.75, 3.05) is 18.4 Å². The van der Waals surface area contributed by atoms with Crippen LogP contribution in [0, 0.1) is 23.7 Å². The van der Waals surface area contributed by atoms with Crippen molar-refractivity contribution < 1.29 is 4.79 Å². The molecule has 2 saturated carbocycles. The number of fused-ring (bicyclic) bond motifs is 2. The lowest BCUT2D eigenvalue weighted by atomic mass is 9.87. The van der Waals surface area contributed by atoms with E-state index in [9.17, 15) is 4.79 Å². The number of likely N-dealkylation sites (tertiary alicyclic amines) is 1. The summed E-state index contributed by atoms with van der Waals surface area (Å²) >= 11 is 3.57. The minimum Gasteiger partial charge on any atom is -0.342 e. The lowest BCUT2D eigenvalue weighted by Crippen LogP contribution is -2.44. The molecule has 0 N–H and O–H groups in total. The number of nitrogens with zero attached hydrogens (tertiary/aromatic N) is 1. The first-order valence-electron chi connectivity index (χ1n) is 7.12. The summed E-state index contributed by atoms with van der Waals surface area (Å²) in [5, 5.41) is 1.05. The van der Waals surface area contributed by atoms with Crippen LogP contribution >= 0.6 is 15.9 Å². The molecule has 1 amide bonds. The monoisotopic (exact) mass is 299 g/mol. The van der Waals surface area contributed by atoms with Crippen LogP contribution in [0.25, 0.3) is 0 Å². The zero-order chi connectivity index (χ0) is 11.8. The number of piperidine rings is 1. The second-order valence-corrected chi connectivity index (χ2v) is 6.88. The molecule has 1 saturated heterocycles. The molecule has 96 valence electrons. The van der Waals surface area contributed by atoms with Gasteiger partial charge in [0.25, 0.3) is 0 Å². The van der Waals surface area contributed by atoms with E-state index in [0.29, 0.717) is 17.7 Å². The van der Waals surface area contributed by atoms with Crippen molar-refractivity contribution in [1.82, 2.24) is 4.90 Å². The number of amides is 1. The number of hydrogen-bond donors (Lipinski definition) is 0. The summed E-state index contributed by atoms with van der Waals surface area (Å²) in [4.78, 5) is 14.7. The van der Waals surface area contributed by atoms with Crippen LogP contribution in [0.1, 0.15) is 38.5 Å². The Morgan fingerprint density at radius 2 is 2.12 bits per heavy atom. The van der Waals surface area contributed by atoms with Crippen molar-refractivity contribution in [3.8, 4) is 0 Å². The molecule has 2 nitrogen and oxygen atoms in total. The summed E-state index contributed by atoms with van der Waals surface area (Å²) in [5.41, 5.74) is 0. The molecule has 4 unspecified atom stereocenters.